The lowest BCUT2D eigenvalue weighted by molar-refractivity contribution is 0.221. The number of H-pyrrole nitrogens is 2. The smallest absolute Gasteiger partial charge is 0.297 e. The summed E-state index contributed by atoms with van der Waals surface area (Å²) in [6.07, 6.45) is 2.30. The van der Waals surface area contributed by atoms with Crippen molar-refractivity contribution in [1.82, 2.24) is 25.7 Å². The second-order valence-electron chi connectivity index (χ2n) is 13.0. The third-order valence-electron chi connectivity index (χ3n) is 8.78. The van der Waals surface area contributed by atoms with Crippen molar-refractivity contribution in [3.63, 3.8) is 0 Å². The summed E-state index contributed by atoms with van der Waals surface area (Å²) in [5.74, 6) is 0.987. The average Bonchev–Trinajstić information content (AvgIpc) is 3.87. The summed E-state index contributed by atoms with van der Waals surface area (Å²) in [7, 11) is -11.3. The van der Waals surface area contributed by atoms with Crippen LogP contribution < -0.4 is 14.8 Å². The van der Waals surface area contributed by atoms with Crippen LogP contribution in [0.4, 0.5) is 0 Å². The molecule has 0 fully saturated rings. The lowest BCUT2D eigenvalue weighted by atomic mass is 10.2. The van der Waals surface area contributed by atoms with Crippen molar-refractivity contribution in [2.75, 3.05) is 32.9 Å². The fourth-order valence-electron chi connectivity index (χ4n) is 5.70. The first kappa shape index (κ1) is 42.0. The highest BCUT2D eigenvalue weighted by atomic mass is 32.2. The number of benzene rings is 5. The Hall–Kier alpha value is -5.59. The second-order valence-corrected chi connectivity index (χ2v) is 18.4. The maximum Gasteiger partial charge on any atom is 0.297 e. The van der Waals surface area contributed by atoms with Crippen LogP contribution in [0.3, 0.4) is 0 Å². The summed E-state index contributed by atoms with van der Waals surface area (Å²) >= 11 is 0. The van der Waals surface area contributed by atoms with Gasteiger partial charge in [-0.1, -0.05) is 67.4 Å². The zero-order valence-electron chi connectivity index (χ0n) is 31.8. The Labute approximate surface area is 337 Å². The van der Waals surface area contributed by atoms with Crippen LogP contribution >= 0.6 is 0 Å². The summed E-state index contributed by atoms with van der Waals surface area (Å²) in [5.41, 5.74) is 1.99. The van der Waals surface area contributed by atoms with Gasteiger partial charge in [0.25, 0.3) is 10.1 Å². The maximum absolute atomic E-state index is 12.9. The minimum absolute atomic E-state index is 0.0395. The zero-order chi connectivity index (χ0) is 41.2. The number of nitrogens with zero attached hydrogens (tertiary/aromatic N) is 2. The Morgan fingerprint density at radius 3 is 1.57 bits per heavy atom. The monoisotopic (exact) mass is 845 g/mol. The van der Waals surface area contributed by atoms with Gasteiger partial charge in [-0.25, -0.2) is 16.8 Å². The van der Waals surface area contributed by atoms with Crippen molar-refractivity contribution in [3.05, 3.63) is 127 Å². The number of hydrogen-bond acceptors (Lipinski definition) is 12. The van der Waals surface area contributed by atoms with E-state index in [1.54, 1.807) is 97.1 Å². The van der Waals surface area contributed by atoms with E-state index in [-0.39, 0.29) is 38.0 Å². The molecule has 0 atom stereocenters. The lowest BCUT2D eigenvalue weighted by Crippen LogP contribution is -2.21. The minimum Gasteiger partial charge on any atom is -0.492 e. The Morgan fingerprint density at radius 2 is 1.07 bits per heavy atom. The van der Waals surface area contributed by atoms with Gasteiger partial charge < -0.3 is 14.8 Å². The van der Waals surface area contributed by atoms with E-state index in [1.807, 2.05) is 6.92 Å². The van der Waals surface area contributed by atoms with E-state index in [4.69, 9.17) is 13.7 Å². The molecule has 0 saturated heterocycles. The zero-order valence-corrected chi connectivity index (χ0v) is 34.2. The molecular formula is C41H43N5O9S3. The molecule has 3 N–H and O–H groups in total. The molecule has 2 aromatic heterocycles. The SMILES string of the molecule is CCCCNCCOc1ccc2n[nH]c(S(=O)(=O)c3ccccc3)c2c1.Cc1ccc(S(=O)(=O)OCCOc2ccc3n[nH]c(S(=O)(=O)c4ccccc4)c3c2)cc1. The summed E-state index contributed by atoms with van der Waals surface area (Å²) in [5, 5.41) is 17.7. The fourth-order valence-corrected chi connectivity index (χ4v) is 9.33. The highest BCUT2D eigenvalue weighted by molar-refractivity contribution is 7.92. The molecule has 0 spiro atoms. The summed E-state index contributed by atoms with van der Waals surface area (Å²) in [4.78, 5) is 0.447. The third kappa shape index (κ3) is 10.1. The van der Waals surface area contributed by atoms with Crippen LogP contribution in [0, 0.1) is 6.92 Å². The van der Waals surface area contributed by atoms with Gasteiger partial charge in [-0.05, 0) is 92.7 Å². The molecule has 0 aliphatic rings. The number of aromatic nitrogens is 4. The van der Waals surface area contributed by atoms with Crippen LogP contribution in [-0.2, 0) is 34.0 Å². The predicted octanol–water partition coefficient (Wildman–Crippen LogP) is 6.65. The van der Waals surface area contributed by atoms with Gasteiger partial charge in [0, 0.05) is 17.3 Å². The molecule has 7 aromatic rings. The molecule has 0 bridgehead atoms. The fraction of sp³-hybridized carbons (Fsp3) is 0.220. The van der Waals surface area contributed by atoms with Crippen molar-refractivity contribution in [2.45, 2.75) is 51.4 Å². The first-order chi connectivity index (χ1) is 27.9. The molecule has 0 aliphatic heterocycles. The van der Waals surface area contributed by atoms with Gasteiger partial charge in [0.05, 0.1) is 25.7 Å². The quantitative estimate of drug-likeness (QED) is 0.0652. The average molecular weight is 846 g/mol. The normalized spacial score (nSPS) is 12.0. The number of unbranched alkanes of at least 4 members (excludes halogenated alkanes) is 1. The van der Waals surface area contributed by atoms with Gasteiger partial charge in [0.2, 0.25) is 19.7 Å². The Morgan fingerprint density at radius 1 is 0.569 bits per heavy atom. The van der Waals surface area contributed by atoms with Gasteiger partial charge in [-0.15, -0.1) is 0 Å². The number of fused-ring (bicyclic) bond motifs is 2. The van der Waals surface area contributed by atoms with Crippen molar-refractivity contribution < 1.29 is 38.9 Å². The van der Waals surface area contributed by atoms with Gasteiger partial charge in [0.1, 0.15) is 31.3 Å². The molecule has 0 amide bonds. The topological polar surface area (TPSA) is 199 Å². The van der Waals surface area contributed by atoms with Crippen LogP contribution in [0.2, 0.25) is 0 Å². The van der Waals surface area contributed by atoms with Crippen LogP contribution in [0.15, 0.2) is 146 Å². The molecule has 0 saturated carbocycles. The van der Waals surface area contributed by atoms with E-state index >= 15 is 0 Å². The Kier molecular flexibility index (Phi) is 13.6. The van der Waals surface area contributed by atoms with Crippen molar-refractivity contribution in [3.8, 4) is 11.5 Å². The first-order valence-electron chi connectivity index (χ1n) is 18.4. The third-order valence-corrected chi connectivity index (χ3v) is 13.6. The van der Waals surface area contributed by atoms with Crippen molar-refractivity contribution >= 4 is 51.6 Å². The maximum atomic E-state index is 12.9. The number of sulfone groups is 2. The molecule has 0 unspecified atom stereocenters. The molecule has 58 heavy (non-hydrogen) atoms. The molecule has 2 heterocycles. The second kappa shape index (κ2) is 18.8. The summed E-state index contributed by atoms with van der Waals surface area (Å²) in [6.45, 7) is 6.01. The Bertz CT molecular complexity index is 2780. The highest BCUT2D eigenvalue weighted by Crippen LogP contribution is 2.30. The number of aromatic amines is 2. The molecule has 17 heteroatoms. The minimum atomic E-state index is -3.89. The first-order valence-corrected chi connectivity index (χ1v) is 22.8. The molecule has 0 aliphatic carbocycles. The number of aryl methyl sites for hydroxylation is 1. The van der Waals surface area contributed by atoms with Crippen LogP contribution in [0.1, 0.15) is 25.3 Å². The summed E-state index contributed by atoms with van der Waals surface area (Å²) < 4.78 is 92.4. The number of nitrogens with one attached hydrogen (secondary N) is 3. The van der Waals surface area contributed by atoms with E-state index in [1.165, 1.54) is 24.3 Å². The molecule has 0 radical (unpaired) electrons. The Balaban J connectivity index is 0.000000200. The molecule has 7 rings (SSSR count). The van der Waals surface area contributed by atoms with Crippen molar-refractivity contribution in [1.29, 1.82) is 0 Å². The van der Waals surface area contributed by atoms with E-state index in [2.05, 4.69) is 32.6 Å². The highest BCUT2D eigenvalue weighted by Gasteiger charge is 2.24. The van der Waals surface area contributed by atoms with Crippen LogP contribution in [0.25, 0.3) is 21.8 Å². The molecule has 5 aromatic carbocycles. The molecule has 304 valence electrons. The van der Waals surface area contributed by atoms with E-state index in [0.29, 0.717) is 39.9 Å². The van der Waals surface area contributed by atoms with E-state index in [9.17, 15) is 25.3 Å². The predicted molar refractivity (Wildman–Crippen MR) is 219 cm³/mol. The van der Waals surface area contributed by atoms with Crippen LogP contribution in [0.5, 0.6) is 11.5 Å². The van der Waals surface area contributed by atoms with Gasteiger partial charge in [-0.2, -0.15) is 18.6 Å². The largest absolute Gasteiger partial charge is 0.492 e. The standard InChI is InChI=1S/C22H20N2O6S2.C19H23N3O3S/c1-16-7-10-19(11-8-16)32(27,28)30-14-13-29-17-9-12-21-20(15-17)22(24-23-21)31(25,26)18-5-3-2-4-6-18;1-2-3-11-20-12-13-25-15-9-10-18-17(14-15)19(22-21-18)26(23,24)16-7-5-4-6-8-16/h2-12,15H,13-14H2,1H3,(H,23,24);4-10,14,20H,2-3,11-13H2,1H3,(H,21,22). The van der Waals surface area contributed by atoms with Crippen molar-refractivity contribution in [2.24, 2.45) is 0 Å². The van der Waals surface area contributed by atoms with Gasteiger partial charge in [-0.3, -0.25) is 14.4 Å². The van der Waals surface area contributed by atoms with E-state index < -0.39 is 29.8 Å². The molecule has 14 nitrogen and oxygen atoms in total. The number of ether oxygens (including phenoxy) is 2. The van der Waals surface area contributed by atoms with E-state index in [0.717, 1.165) is 31.5 Å². The van der Waals surface area contributed by atoms with Gasteiger partial charge >= 0.3 is 0 Å². The number of rotatable bonds is 17. The number of hydrogen-bond donors (Lipinski definition) is 3. The van der Waals surface area contributed by atoms with Gasteiger partial charge in [0.15, 0.2) is 10.1 Å². The summed E-state index contributed by atoms with van der Waals surface area (Å²) in [6, 6.07) is 32.8. The van der Waals surface area contributed by atoms with Crippen LogP contribution in [-0.4, -0.2) is 78.6 Å². The lowest BCUT2D eigenvalue weighted by Gasteiger charge is -2.08. The molecular weight excluding hydrogens is 803 g/mol.